The Hall–Kier alpha value is -4.31. The maximum atomic E-state index is 13.9. The third-order valence-corrected chi connectivity index (χ3v) is 7.72. The Morgan fingerprint density at radius 3 is 2.43 bits per heavy atom. The zero-order chi connectivity index (χ0) is 27.0. The first kappa shape index (κ1) is 24.4. The standard InChI is InChI=1S/C27H27N3O7/c1-30(2)17-10-15(11-4-3-5-14(28)7-11)22(32)20-16(17)8-12-6-13-9-18(31)21(26(29)36)25(35)27(13,37)24(34)19(12)23(20)33/h3-5,7,10,12-13,31-32,34,37H,6,8-9,28H2,1-2H3,(H2,29,36)/t12-,13+,27+/m1/s1. The van der Waals surface area contributed by atoms with Crippen LogP contribution in [0, 0.1) is 11.8 Å². The molecule has 0 bridgehead atoms. The van der Waals surface area contributed by atoms with E-state index in [0.29, 0.717) is 28.1 Å². The van der Waals surface area contributed by atoms with Crippen LogP contribution in [0.4, 0.5) is 11.4 Å². The van der Waals surface area contributed by atoms with Crippen molar-refractivity contribution in [2.75, 3.05) is 24.7 Å². The van der Waals surface area contributed by atoms with Crippen molar-refractivity contribution >= 4 is 28.8 Å². The summed E-state index contributed by atoms with van der Waals surface area (Å²) in [6.45, 7) is 0. The summed E-state index contributed by atoms with van der Waals surface area (Å²) in [5.41, 5.74) is 10.2. The van der Waals surface area contributed by atoms with E-state index in [1.807, 2.05) is 4.90 Å². The second kappa shape index (κ2) is 8.10. The fourth-order valence-corrected chi connectivity index (χ4v) is 5.99. The number of nitrogens with zero attached hydrogens (tertiary/aromatic N) is 1. The maximum absolute atomic E-state index is 13.9. The Balaban J connectivity index is 1.73. The van der Waals surface area contributed by atoms with Crippen LogP contribution in [0.3, 0.4) is 0 Å². The summed E-state index contributed by atoms with van der Waals surface area (Å²) < 4.78 is 0. The fraction of sp³-hybridized carbons (Fsp3) is 0.296. The van der Waals surface area contributed by atoms with Gasteiger partial charge in [-0.1, -0.05) is 12.1 Å². The number of hydrogen-bond donors (Lipinski definition) is 6. The van der Waals surface area contributed by atoms with Crippen LogP contribution in [-0.2, 0) is 16.0 Å². The number of carbonyl (C=O) groups is 3. The number of phenols is 1. The van der Waals surface area contributed by atoms with Gasteiger partial charge in [0.1, 0.15) is 22.8 Å². The average molecular weight is 506 g/mol. The first-order chi connectivity index (χ1) is 17.4. The molecule has 192 valence electrons. The first-order valence-corrected chi connectivity index (χ1v) is 11.8. The van der Waals surface area contributed by atoms with Gasteiger partial charge in [0, 0.05) is 48.9 Å². The number of amides is 1. The van der Waals surface area contributed by atoms with E-state index in [2.05, 4.69) is 0 Å². The van der Waals surface area contributed by atoms with Crippen molar-refractivity contribution in [3.63, 3.8) is 0 Å². The molecule has 0 radical (unpaired) electrons. The Bertz CT molecular complexity index is 1470. The highest BCUT2D eigenvalue weighted by atomic mass is 16.3. The van der Waals surface area contributed by atoms with Gasteiger partial charge in [0.05, 0.1) is 5.56 Å². The minimum atomic E-state index is -2.60. The van der Waals surface area contributed by atoms with Gasteiger partial charge in [-0.25, -0.2) is 0 Å². The van der Waals surface area contributed by atoms with Gasteiger partial charge in [-0.15, -0.1) is 0 Å². The summed E-state index contributed by atoms with van der Waals surface area (Å²) in [4.78, 5) is 40.6. The van der Waals surface area contributed by atoms with Crippen molar-refractivity contribution in [3.05, 3.63) is 64.1 Å². The van der Waals surface area contributed by atoms with E-state index in [4.69, 9.17) is 11.5 Å². The third-order valence-electron chi connectivity index (χ3n) is 7.72. The number of benzene rings is 2. The van der Waals surface area contributed by atoms with E-state index in [1.165, 1.54) is 0 Å². The zero-order valence-corrected chi connectivity index (χ0v) is 20.3. The van der Waals surface area contributed by atoms with Gasteiger partial charge in [-0.2, -0.15) is 0 Å². The highest BCUT2D eigenvalue weighted by Crippen LogP contribution is 2.53. The van der Waals surface area contributed by atoms with E-state index in [-0.39, 0.29) is 36.1 Å². The Kier molecular flexibility index (Phi) is 5.34. The van der Waals surface area contributed by atoms with Crippen molar-refractivity contribution < 1.29 is 34.8 Å². The summed E-state index contributed by atoms with van der Waals surface area (Å²) >= 11 is 0. The molecule has 10 nitrogen and oxygen atoms in total. The molecular weight excluding hydrogens is 478 g/mol. The fourth-order valence-electron chi connectivity index (χ4n) is 5.99. The van der Waals surface area contributed by atoms with Crippen molar-refractivity contribution in [2.24, 2.45) is 17.6 Å². The van der Waals surface area contributed by atoms with Gasteiger partial charge in [0.2, 0.25) is 5.78 Å². The Morgan fingerprint density at radius 1 is 1.11 bits per heavy atom. The molecule has 0 saturated carbocycles. The molecule has 0 fully saturated rings. The number of aliphatic hydroxyl groups is 3. The van der Waals surface area contributed by atoms with Crippen LogP contribution in [0.15, 0.2) is 53.0 Å². The van der Waals surface area contributed by atoms with Crippen LogP contribution in [0.25, 0.3) is 11.1 Å². The van der Waals surface area contributed by atoms with Gasteiger partial charge in [0.25, 0.3) is 5.91 Å². The number of aliphatic hydroxyl groups excluding tert-OH is 2. The number of primary amides is 1. The van der Waals surface area contributed by atoms with Crippen molar-refractivity contribution in [1.82, 2.24) is 0 Å². The molecular formula is C27H27N3O7. The molecule has 0 heterocycles. The number of nitrogen functional groups attached to an aromatic ring is 1. The second-order valence-electron chi connectivity index (χ2n) is 10.1. The summed E-state index contributed by atoms with van der Waals surface area (Å²) in [5, 5.41) is 44.2. The second-order valence-corrected chi connectivity index (χ2v) is 10.1. The molecule has 1 amide bonds. The number of phenolic OH excluding ortho intramolecular Hbond substituents is 1. The molecule has 0 unspecified atom stereocenters. The minimum Gasteiger partial charge on any atom is -0.511 e. The average Bonchev–Trinajstić information content (AvgIpc) is 2.81. The number of carbonyl (C=O) groups excluding carboxylic acids is 3. The first-order valence-electron chi connectivity index (χ1n) is 11.8. The lowest BCUT2D eigenvalue weighted by Crippen LogP contribution is -2.57. The molecule has 3 aliphatic carbocycles. The molecule has 5 rings (SSSR count). The number of rotatable bonds is 3. The third kappa shape index (κ3) is 3.32. The van der Waals surface area contributed by atoms with Crippen LogP contribution in [-0.4, -0.2) is 57.6 Å². The van der Waals surface area contributed by atoms with Crippen LogP contribution in [0.1, 0.15) is 28.8 Å². The summed E-state index contributed by atoms with van der Waals surface area (Å²) in [5.74, 6) is -6.53. The molecule has 2 aromatic rings. The predicted molar refractivity (Wildman–Crippen MR) is 135 cm³/mol. The maximum Gasteiger partial charge on any atom is 0.255 e. The van der Waals surface area contributed by atoms with Gasteiger partial charge in [-0.05, 0) is 48.1 Å². The number of nitrogens with two attached hydrogens (primary N) is 2. The Morgan fingerprint density at radius 2 is 1.81 bits per heavy atom. The van der Waals surface area contributed by atoms with Crippen LogP contribution >= 0.6 is 0 Å². The highest BCUT2D eigenvalue weighted by molar-refractivity contribution is 6.24. The largest absolute Gasteiger partial charge is 0.511 e. The zero-order valence-electron chi connectivity index (χ0n) is 20.3. The highest BCUT2D eigenvalue weighted by Gasteiger charge is 2.59. The number of aromatic hydroxyl groups is 1. The predicted octanol–water partition coefficient (Wildman–Crippen LogP) is 1.90. The summed E-state index contributed by atoms with van der Waals surface area (Å²) in [6.07, 6.45) is 0.0374. The lowest BCUT2D eigenvalue weighted by atomic mass is 9.60. The van der Waals surface area contributed by atoms with E-state index < -0.39 is 52.0 Å². The van der Waals surface area contributed by atoms with E-state index >= 15 is 0 Å². The van der Waals surface area contributed by atoms with Crippen molar-refractivity contribution in [3.8, 4) is 16.9 Å². The normalized spacial score (nSPS) is 24.9. The number of ketones is 2. The Labute approximate surface area is 212 Å². The van der Waals surface area contributed by atoms with Gasteiger partial charge in [-0.3, -0.25) is 14.4 Å². The van der Waals surface area contributed by atoms with Crippen LogP contribution in [0.2, 0.25) is 0 Å². The molecule has 0 spiro atoms. The number of fused-ring (bicyclic) bond motifs is 3. The smallest absolute Gasteiger partial charge is 0.255 e. The van der Waals surface area contributed by atoms with Crippen molar-refractivity contribution in [1.29, 1.82) is 0 Å². The molecule has 37 heavy (non-hydrogen) atoms. The summed E-state index contributed by atoms with van der Waals surface area (Å²) in [6, 6.07) is 8.57. The number of anilines is 2. The molecule has 0 aromatic heterocycles. The van der Waals surface area contributed by atoms with Gasteiger partial charge < -0.3 is 36.8 Å². The number of hydrogen-bond acceptors (Lipinski definition) is 9. The lowest BCUT2D eigenvalue weighted by molar-refractivity contribution is -0.144. The monoisotopic (exact) mass is 505 g/mol. The molecule has 0 aliphatic heterocycles. The number of Topliss-reactive ketones (excluding diaryl/α,β-unsaturated/α-hetero) is 2. The minimum absolute atomic E-state index is 0.0414. The van der Waals surface area contributed by atoms with E-state index in [9.17, 15) is 34.8 Å². The van der Waals surface area contributed by atoms with Crippen LogP contribution in [0.5, 0.6) is 5.75 Å². The molecule has 8 N–H and O–H groups in total. The molecule has 2 aromatic carbocycles. The topological polar surface area (TPSA) is 187 Å². The van der Waals surface area contributed by atoms with Gasteiger partial charge in [0.15, 0.2) is 11.4 Å². The molecule has 0 saturated heterocycles. The molecule has 3 aliphatic rings. The van der Waals surface area contributed by atoms with Crippen molar-refractivity contribution in [2.45, 2.75) is 24.9 Å². The molecule has 3 atom stereocenters. The number of allylic oxidation sites excluding steroid dienone is 2. The van der Waals surface area contributed by atoms with E-state index in [1.54, 1.807) is 44.4 Å². The molecule has 10 heteroatoms. The lowest BCUT2D eigenvalue weighted by Gasteiger charge is -2.46. The summed E-state index contributed by atoms with van der Waals surface area (Å²) in [7, 11) is 3.60. The van der Waals surface area contributed by atoms with E-state index in [0.717, 1.165) is 0 Å². The van der Waals surface area contributed by atoms with Gasteiger partial charge >= 0.3 is 0 Å². The SMILES string of the molecule is CN(C)c1cc(-c2cccc(N)c2)c(O)c2c1C[C@H]1C[C@H]3CC(O)=C(C(N)=O)C(=O)[C@@]3(O)C(O)=C1C2=O. The van der Waals surface area contributed by atoms with Crippen LogP contribution < -0.4 is 16.4 Å². The quantitative estimate of drug-likeness (QED) is 0.267.